The van der Waals surface area contributed by atoms with Crippen molar-refractivity contribution in [1.82, 2.24) is 0 Å². The zero-order valence-corrected chi connectivity index (χ0v) is 7.21. The highest BCUT2D eigenvalue weighted by Crippen LogP contribution is 2.19. The van der Waals surface area contributed by atoms with E-state index in [0.717, 1.165) is 12.1 Å². The summed E-state index contributed by atoms with van der Waals surface area (Å²) in [5, 5.41) is 8.54. The lowest BCUT2D eigenvalue weighted by molar-refractivity contribution is 0.0696. The highest BCUT2D eigenvalue weighted by Gasteiger charge is 2.09. The van der Waals surface area contributed by atoms with Gasteiger partial charge in [0.1, 0.15) is 5.75 Å². The van der Waals surface area contributed by atoms with Gasteiger partial charge in [0.05, 0.1) is 5.56 Å². The normalized spacial score (nSPS) is 9.53. The fourth-order valence-corrected chi connectivity index (χ4v) is 0.835. The van der Waals surface area contributed by atoms with Gasteiger partial charge in [-0.25, -0.2) is 4.79 Å². The highest BCUT2D eigenvalue weighted by atomic mass is 19.3. The molecule has 6 heteroatoms. The molecule has 0 aliphatic carbocycles. The average molecular weight is 218 g/mol. The Kier molecular flexibility index (Phi) is 3.33. The number of hydrogen-bond acceptors (Lipinski definition) is 2. The number of hydrogen-bond donors (Lipinski definition) is 1. The molecule has 0 amide bonds. The molecule has 0 saturated carbocycles. The summed E-state index contributed by atoms with van der Waals surface area (Å²) in [6.07, 6.45) is -2.60. The van der Waals surface area contributed by atoms with E-state index in [2.05, 4.69) is 4.74 Å². The molecule has 1 rings (SSSR count). The van der Waals surface area contributed by atoms with Crippen LogP contribution in [0, 0.1) is 0 Å². The highest BCUT2D eigenvalue weighted by molar-refractivity contribution is 5.88. The van der Waals surface area contributed by atoms with Crippen molar-refractivity contribution in [2.45, 2.75) is 0 Å². The summed E-state index contributed by atoms with van der Waals surface area (Å²) in [7, 11) is 0. The van der Waals surface area contributed by atoms with Gasteiger partial charge in [0.15, 0.2) is 0 Å². The Morgan fingerprint density at radius 1 is 1.27 bits per heavy atom. The Morgan fingerprint density at radius 3 is 2.47 bits per heavy atom. The minimum atomic E-state index is -2.60. The van der Waals surface area contributed by atoms with E-state index >= 15 is 0 Å². The molecule has 0 spiro atoms. The molecule has 0 unspecified atom stereocenters. The van der Waals surface area contributed by atoms with Crippen molar-refractivity contribution in [3.05, 3.63) is 41.9 Å². The van der Waals surface area contributed by atoms with Crippen LogP contribution in [0.25, 0.3) is 0 Å². The first-order valence-corrected chi connectivity index (χ1v) is 3.72. The van der Waals surface area contributed by atoms with E-state index in [-0.39, 0.29) is 11.3 Å². The molecule has 1 aromatic rings. The van der Waals surface area contributed by atoms with Crippen molar-refractivity contribution in [2.24, 2.45) is 0 Å². The number of halogens is 3. The van der Waals surface area contributed by atoms with Gasteiger partial charge >= 0.3 is 18.1 Å². The van der Waals surface area contributed by atoms with Crippen molar-refractivity contribution in [2.75, 3.05) is 0 Å². The Hall–Kier alpha value is -1.98. The molecule has 0 saturated heterocycles. The molecule has 1 aromatic carbocycles. The summed E-state index contributed by atoms with van der Waals surface area (Å²) in [6.45, 7) is 0. The van der Waals surface area contributed by atoms with Crippen molar-refractivity contribution < 1.29 is 27.8 Å². The molecule has 0 aliphatic heterocycles. The van der Waals surface area contributed by atoms with E-state index in [1.165, 1.54) is 12.1 Å². The van der Waals surface area contributed by atoms with E-state index in [9.17, 15) is 18.0 Å². The Bertz CT molecular complexity index is 411. The minimum absolute atomic E-state index is 0.181. The van der Waals surface area contributed by atoms with E-state index in [0.29, 0.717) is 0 Å². The number of aromatic carboxylic acids is 1. The third kappa shape index (κ3) is 3.01. The number of ether oxygens (including phenoxy) is 1. The molecule has 0 heterocycles. The van der Waals surface area contributed by atoms with Gasteiger partial charge in [-0.3, -0.25) is 0 Å². The fourth-order valence-electron chi connectivity index (χ4n) is 0.835. The van der Waals surface area contributed by atoms with E-state index in [4.69, 9.17) is 5.11 Å². The van der Waals surface area contributed by atoms with Crippen LogP contribution in [0.5, 0.6) is 5.75 Å². The van der Waals surface area contributed by atoms with E-state index in [1.807, 2.05) is 0 Å². The van der Waals surface area contributed by atoms with Crippen LogP contribution in [-0.2, 0) is 0 Å². The lowest BCUT2D eigenvalue weighted by atomic mass is 10.2. The summed E-state index contributed by atoms with van der Waals surface area (Å²) in [5.74, 6) is -1.56. The Morgan fingerprint density at radius 2 is 1.93 bits per heavy atom. The van der Waals surface area contributed by atoms with Crippen molar-refractivity contribution >= 4 is 5.97 Å². The maximum absolute atomic E-state index is 12.3. The number of rotatable bonds is 3. The third-order valence-corrected chi connectivity index (χ3v) is 1.44. The lowest BCUT2D eigenvalue weighted by Crippen LogP contribution is -1.97. The fraction of sp³-hybridized carbons (Fsp3) is 0. The Labute approximate surface area is 82.4 Å². The molecule has 0 aliphatic rings. The second-order valence-corrected chi connectivity index (χ2v) is 2.47. The zero-order valence-electron chi connectivity index (χ0n) is 7.21. The summed E-state index contributed by atoms with van der Waals surface area (Å²) < 4.78 is 39.6. The predicted octanol–water partition coefficient (Wildman–Crippen LogP) is 2.80. The molecule has 0 bridgehead atoms. The molecular formula is C9H5F3O3. The van der Waals surface area contributed by atoms with Gasteiger partial charge in [0, 0.05) is 0 Å². The summed E-state index contributed by atoms with van der Waals surface area (Å²) in [4.78, 5) is 10.5. The van der Waals surface area contributed by atoms with Gasteiger partial charge < -0.3 is 9.84 Å². The molecule has 0 radical (unpaired) electrons. The number of carboxylic acids is 1. The molecule has 15 heavy (non-hydrogen) atoms. The monoisotopic (exact) mass is 218 g/mol. The smallest absolute Gasteiger partial charge is 0.344 e. The van der Waals surface area contributed by atoms with Gasteiger partial charge in [-0.1, -0.05) is 6.07 Å². The molecule has 80 valence electrons. The average Bonchev–Trinajstić information content (AvgIpc) is 2.18. The molecule has 3 nitrogen and oxygen atoms in total. The first kappa shape index (κ1) is 11.1. The first-order chi connectivity index (χ1) is 7.00. The maximum Gasteiger partial charge on any atom is 0.344 e. The zero-order chi connectivity index (χ0) is 11.4. The number of carboxylic acid groups (broad SMARTS) is 1. The minimum Gasteiger partial charge on any atom is -0.478 e. The summed E-state index contributed by atoms with van der Waals surface area (Å²) in [6, 6.07) is 2.53. The predicted molar refractivity (Wildman–Crippen MR) is 44.4 cm³/mol. The van der Waals surface area contributed by atoms with Crippen molar-refractivity contribution in [3.8, 4) is 5.75 Å². The van der Waals surface area contributed by atoms with Gasteiger partial charge in [-0.05, 0) is 18.2 Å². The molecular weight excluding hydrogens is 213 g/mol. The first-order valence-electron chi connectivity index (χ1n) is 3.72. The topological polar surface area (TPSA) is 46.5 Å². The third-order valence-electron chi connectivity index (χ3n) is 1.44. The van der Waals surface area contributed by atoms with Crippen molar-refractivity contribution in [3.63, 3.8) is 0 Å². The van der Waals surface area contributed by atoms with Gasteiger partial charge in [0.2, 0.25) is 0 Å². The SMILES string of the molecule is O=C(O)c1cccc(OC(F)=C(F)F)c1. The maximum atomic E-state index is 12.3. The molecule has 1 N–H and O–H groups in total. The van der Waals surface area contributed by atoms with Crippen LogP contribution in [0.2, 0.25) is 0 Å². The molecule has 0 atom stereocenters. The number of carbonyl (C=O) groups is 1. The van der Waals surface area contributed by atoms with E-state index < -0.39 is 18.1 Å². The number of benzene rings is 1. The summed E-state index contributed by atoms with van der Waals surface area (Å²) >= 11 is 0. The van der Waals surface area contributed by atoms with Crippen LogP contribution < -0.4 is 4.74 Å². The van der Waals surface area contributed by atoms with Gasteiger partial charge in [-0.2, -0.15) is 13.2 Å². The van der Waals surface area contributed by atoms with Crippen LogP contribution >= 0.6 is 0 Å². The molecule has 0 aromatic heterocycles. The van der Waals surface area contributed by atoms with E-state index in [1.54, 1.807) is 0 Å². The second kappa shape index (κ2) is 4.50. The van der Waals surface area contributed by atoms with Crippen LogP contribution in [-0.4, -0.2) is 11.1 Å². The quantitative estimate of drug-likeness (QED) is 0.793. The van der Waals surface area contributed by atoms with Crippen molar-refractivity contribution in [1.29, 1.82) is 0 Å². The molecule has 0 fully saturated rings. The van der Waals surface area contributed by atoms with Crippen LogP contribution in [0.15, 0.2) is 36.4 Å². The van der Waals surface area contributed by atoms with Crippen LogP contribution in [0.3, 0.4) is 0 Å². The summed E-state index contributed by atoms with van der Waals surface area (Å²) in [5.41, 5.74) is -0.181. The second-order valence-electron chi connectivity index (χ2n) is 2.47. The largest absolute Gasteiger partial charge is 0.478 e. The van der Waals surface area contributed by atoms with Gasteiger partial charge in [-0.15, -0.1) is 0 Å². The van der Waals surface area contributed by atoms with Crippen LogP contribution in [0.1, 0.15) is 10.4 Å². The van der Waals surface area contributed by atoms with Crippen LogP contribution in [0.4, 0.5) is 13.2 Å². The standard InChI is InChI=1S/C9H5F3O3/c10-7(11)8(12)15-6-3-1-2-5(4-6)9(13)14/h1-4H,(H,13,14). The Balaban J connectivity index is 2.92. The van der Waals surface area contributed by atoms with Gasteiger partial charge in [0.25, 0.3) is 0 Å². The lowest BCUT2D eigenvalue weighted by Gasteiger charge is -2.02.